The van der Waals surface area contributed by atoms with Crippen molar-refractivity contribution in [1.29, 1.82) is 5.41 Å². The van der Waals surface area contributed by atoms with Crippen LogP contribution in [0.2, 0.25) is 0 Å². The number of pyridine rings is 2. The van der Waals surface area contributed by atoms with Gasteiger partial charge in [-0.15, -0.1) is 0 Å². The number of alkyl halides is 2. The highest BCUT2D eigenvalue weighted by molar-refractivity contribution is 6.16. The molecule has 3 heterocycles. The molecule has 0 radical (unpaired) electrons. The normalized spacial score (nSPS) is 12.6. The largest absolute Gasteiger partial charge is 0.494 e. The molecule has 0 saturated carbocycles. The first kappa shape index (κ1) is 20.1. The molecule has 0 spiro atoms. The van der Waals surface area contributed by atoms with Crippen molar-refractivity contribution < 1.29 is 13.9 Å². The van der Waals surface area contributed by atoms with Gasteiger partial charge in [0.1, 0.15) is 5.84 Å². The van der Waals surface area contributed by atoms with E-state index in [9.17, 15) is 13.9 Å². The van der Waals surface area contributed by atoms with E-state index in [1.54, 1.807) is 25.5 Å². The summed E-state index contributed by atoms with van der Waals surface area (Å²) >= 11 is 0. The van der Waals surface area contributed by atoms with Gasteiger partial charge in [-0.1, -0.05) is 0 Å². The number of rotatable bonds is 5. The van der Waals surface area contributed by atoms with E-state index >= 15 is 0 Å². The van der Waals surface area contributed by atoms with Gasteiger partial charge in [-0.2, -0.15) is 8.78 Å². The highest BCUT2D eigenvalue weighted by Crippen LogP contribution is 2.31. The van der Waals surface area contributed by atoms with Gasteiger partial charge in [0.2, 0.25) is 0 Å². The maximum absolute atomic E-state index is 12.3. The molecular formula is C20H20F2N6O. The molecule has 0 amide bonds. The van der Waals surface area contributed by atoms with Crippen molar-refractivity contribution in [2.75, 3.05) is 0 Å². The molecule has 29 heavy (non-hydrogen) atoms. The number of aryl methyl sites for hydroxylation is 1. The number of aromatic hydroxyl groups is 1. The summed E-state index contributed by atoms with van der Waals surface area (Å²) in [4.78, 5) is 15.5. The first-order valence-corrected chi connectivity index (χ1v) is 8.75. The second kappa shape index (κ2) is 8.17. The van der Waals surface area contributed by atoms with E-state index in [1.807, 2.05) is 24.4 Å². The van der Waals surface area contributed by atoms with Gasteiger partial charge >= 0.3 is 6.55 Å². The third kappa shape index (κ3) is 4.45. The predicted molar refractivity (Wildman–Crippen MR) is 109 cm³/mol. The Morgan fingerprint density at radius 3 is 2.79 bits per heavy atom. The van der Waals surface area contributed by atoms with Crippen LogP contribution in [-0.4, -0.2) is 38.2 Å². The van der Waals surface area contributed by atoms with E-state index < -0.39 is 6.55 Å². The quantitative estimate of drug-likeness (QED) is 0.294. The van der Waals surface area contributed by atoms with Crippen molar-refractivity contribution in [3.63, 3.8) is 0 Å². The molecule has 150 valence electrons. The Labute approximate surface area is 165 Å². The molecule has 0 fully saturated rings. The number of hydrogen-bond donors (Lipinski definition) is 4. The second-order valence-electron chi connectivity index (χ2n) is 6.51. The number of halogens is 2. The lowest BCUT2D eigenvalue weighted by Crippen LogP contribution is -2.18. The molecule has 0 aliphatic heterocycles. The first-order valence-electron chi connectivity index (χ1n) is 8.75. The van der Waals surface area contributed by atoms with Crippen molar-refractivity contribution in [3.8, 4) is 17.1 Å². The number of H-pyrrole nitrogens is 1. The topological polar surface area (TPSA) is 110 Å². The number of allylic oxidation sites excluding steroid dienone is 1. The Hall–Kier alpha value is -3.62. The lowest BCUT2D eigenvalue weighted by atomic mass is 10.0. The van der Waals surface area contributed by atoms with Crippen LogP contribution < -0.4 is 5.32 Å². The molecule has 0 unspecified atom stereocenters. The Morgan fingerprint density at radius 2 is 2.10 bits per heavy atom. The number of aromatic amines is 1. The minimum absolute atomic E-state index is 0.109. The number of aromatic nitrogens is 3. The fourth-order valence-corrected chi connectivity index (χ4v) is 3.01. The number of fused-ring (bicyclic) bond motifs is 1. The molecule has 0 atom stereocenters. The molecule has 9 heteroatoms. The first-order chi connectivity index (χ1) is 13.8. The summed E-state index contributed by atoms with van der Waals surface area (Å²) < 4.78 is 24.7. The summed E-state index contributed by atoms with van der Waals surface area (Å²) in [5.74, 6) is -0.332. The van der Waals surface area contributed by atoms with Gasteiger partial charge in [0.15, 0.2) is 5.88 Å². The van der Waals surface area contributed by atoms with Crippen LogP contribution in [0.3, 0.4) is 0 Å². The lowest BCUT2D eigenvalue weighted by molar-refractivity contribution is 0.121. The van der Waals surface area contributed by atoms with Crippen LogP contribution in [-0.2, 0) is 0 Å². The second-order valence-corrected chi connectivity index (χ2v) is 6.51. The maximum Gasteiger partial charge on any atom is 0.312 e. The predicted octanol–water partition coefficient (Wildman–Crippen LogP) is 4.14. The summed E-state index contributed by atoms with van der Waals surface area (Å²) in [5, 5.41) is 20.9. The molecule has 0 bridgehead atoms. The molecule has 3 aromatic rings. The Morgan fingerprint density at radius 1 is 1.34 bits per heavy atom. The lowest BCUT2D eigenvalue weighted by Gasteiger charge is -2.06. The van der Waals surface area contributed by atoms with Gasteiger partial charge in [0, 0.05) is 35.1 Å². The van der Waals surface area contributed by atoms with Crippen LogP contribution in [0.15, 0.2) is 47.5 Å². The van der Waals surface area contributed by atoms with Gasteiger partial charge in [0.05, 0.1) is 28.7 Å². The summed E-state index contributed by atoms with van der Waals surface area (Å²) in [6, 6.07) is 3.69. The van der Waals surface area contributed by atoms with Gasteiger partial charge in [-0.3, -0.25) is 15.4 Å². The van der Waals surface area contributed by atoms with Crippen molar-refractivity contribution in [1.82, 2.24) is 20.3 Å². The van der Waals surface area contributed by atoms with E-state index in [0.29, 0.717) is 27.9 Å². The van der Waals surface area contributed by atoms with Crippen molar-refractivity contribution in [3.05, 3.63) is 53.6 Å². The number of hydrogen-bond acceptors (Lipinski definition) is 5. The van der Waals surface area contributed by atoms with Gasteiger partial charge < -0.3 is 15.4 Å². The molecule has 0 aliphatic carbocycles. The summed E-state index contributed by atoms with van der Waals surface area (Å²) in [6.45, 7) is 2.29. The third-order valence-corrected chi connectivity index (χ3v) is 4.32. The molecule has 0 aliphatic rings. The van der Waals surface area contributed by atoms with Crippen molar-refractivity contribution in [2.24, 2.45) is 4.99 Å². The summed E-state index contributed by atoms with van der Waals surface area (Å²) in [7, 11) is 0. The maximum atomic E-state index is 12.3. The van der Waals surface area contributed by atoms with E-state index in [0.717, 1.165) is 11.1 Å². The van der Waals surface area contributed by atoms with E-state index in [4.69, 9.17) is 5.41 Å². The monoisotopic (exact) mass is 398 g/mol. The fourth-order valence-electron chi connectivity index (χ4n) is 3.01. The summed E-state index contributed by atoms with van der Waals surface area (Å²) in [6.07, 6.45) is 6.21. The van der Waals surface area contributed by atoms with Crippen LogP contribution >= 0.6 is 0 Å². The molecule has 0 saturated heterocycles. The smallest absolute Gasteiger partial charge is 0.312 e. The Bertz CT molecular complexity index is 1130. The SMILES string of the molecule is CC(=NC(=N)/C=C(/C)NC(F)F)c1c(O)[nH]c2cnc(-c3cnccc3C)cc12. The van der Waals surface area contributed by atoms with Crippen LogP contribution in [0.1, 0.15) is 25.0 Å². The molecule has 4 N–H and O–H groups in total. The van der Waals surface area contributed by atoms with Gasteiger partial charge in [-0.25, -0.2) is 4.99 Å². The van der Waals surface area contributed by atoms with Crippen molar-refractivity contribution >= 4 is 22.5 Å². The Kier molecular flexibility index (Phi) is 5.67. The van der Waals surface area contributed by atoms with Crippen molar-refractivity contribution in [2.45, 2.75) is 27.3 Å². The number of nitrogens with zero attached hydrogens (tertiary/aromatic N) is 3. The average Bonchev–Trinajstić information content (AvgIpc) is 2.96. The highest BCUT2D eigenvalue weighted by atomic mass is 19.3. The van der Waals surface area contributed by atoms with Crippen LogP contribution in [0.4, 0.5) is 8.78 Å². The molecule has 7 nitrogen and oxygen atoms in total. The molecule has 0 aromatic carbocycles. The zero-order chi connectivity index (χ0) is 21.1. The number of aliphatic imine (C=N–C) groups is 1. The zero-order valence-corrected chi connectivity index (χ0v) is 16.1. The fraction of sp³-hybridized carbons (Fsp3) is 0.200. The van der Waals surface area contributed by atoms with Crippen LogP contribution in [0, 0.1) is 12.3 Å². The molecule has 3 aromatic heterocycles. The van der Waals surface area contributed by atoms with Gasteiger partial charge in [0.25, 0.3) is 0 Å². The standard InChI is InChI=1S/C20H20F2N6O/c1-10-4-5-24-8-14(10)15-7-13-16(9-25-15)28-19(29)18(13)12(3)27-17(23)6-11(2)26-20(21)22/h4-9,20,23,26,28-29H,1-3H3/b11-6-,23-17?,27-12?. The van der Waals surface area contributed by atoms with E-state index in [-0.39, 0.29) is 17.4 Å². The summed E-state index contributed by atoms with van der Waals surface area (Å²) in [5.41, 5.74) is 4.05. The minimum Gasteiger partial charge on any atom is -0.494 e. The van der Waals surface area contributed by atoms with E-state index in [1.165, 1.54) is 13.0 Å². The number of nitrogens with one attached hydrogen (secondary N) is 3. The minimum atomic E-state index is -2.72. The van der Waals surface area contributed by atoms with Crippen LogP contribution in [0.5, 0.6) is 5.88 Å². The van der Waals surface area contributed by atoms with E-state index in [2.05, 4.69) is 19.9 Å². The Balaban J connectivity index is 2.02. The highest BCUT2D eigenvalue weighted by Gasteiger charge is 2.16. The number of amidine groups is 1. The van der Waals surface area contributed by atoms with Gasteiger partial charge in [-0.05, 0) is 38.5 Å². The zero-order valence-electron chi connectivity index (χ0n) is 16.1. The average molecular weight is 398 g/mol. The third-order valence-electron chi connectivity index (χ3n) is 4.32. The molecule has 3 rings (SSSR count). The molecular weight excluding hydrogens is 378 g/mol. The van der Waals surface area contributed by atoms with Crippen LogP contribution in [0.25, 0.3) is 22.2 Å².